The van der Waals surface area contributed by atoms with E-state index < -0.39 is 0 Å². The van der Waals surface area contributed by atoms with Crippen molar-refractivity contribution in [3.05, 3.63) is 40.4 Å². The number of para-hydroxylation sites is 1. The standard InChI is InChI=1S/C17H25N3S/c1-5-14-16(12-18-6-2)21-17(19-14)20(7-3)15-11-9-8-10-13(15)4/h8-11,18H,5-7,12H2,1-4H3. The van der Waals surface area contributed by atoms with Crippen LogP contribution in [0, 0.1) is 6.92 Å². The highest BCUT2D eigenvalue weighted by atomic mass is 32.1. The van der Waals surface area contributed by atoms with Crippen LogP contribution in [0.25, 0.3) is 0 Å². The van der Waals surface area contributed by atoms with Gasteiger partial charge in [-0.1, -0.05) is 43.4 Å². The molecule has 4 heteroatoms. The van der Waals surface area contributed by atoms with Gasteiger partial charge in [0.2, 0.25) is 0 Å². The highest BCUT2D eigenvalue weighted by Crippen LogP contribution is 2.33. The summed E-state index contributed by atoms with van der Waals surface area (Å²) in [6.07, 6.45) is 0.989. The molecule has 0 aliphatic heterocycles. The fraction of sp³-hybridized carbons (Fsp3) is 0.471. The maximum Gasteiger partial charge on any atom is 0.190 e. The second-order valence-corrected chi connectivity index (χ2v) is 6.09. The highest BCUT2D eigenvalue weighted by Gasteiger charge is 2.16. The summed E-state index contributed by atoms with van der Waals surface area (Å²) in [5.74, 6) is 0. The Morgan fingerprint density at radius 1 is 1.19 bits per heavy atom. The fourth-order valence-corrected chi connectivity index (χ4v) is 3.61. The van der Waals surface area contributed by atoms with E-state index in [1.165, 1.54) is 21.8 Å². The number of aryl methyl sites for hydroxylation is 2. The van der Waals surface area contributed by atoms with Crippen molar-refractivity contribution in [1.82, 2.24) is 10.3 Å². The number of nitrogens with one attached hydrogen (secondary N) is 1. The first-order valence-electron chi connectivity index (χ1n) is 7.73. The Labute approximate surface area is 132 Å². The average Bonchev–Trinajstić information content (AvgIpc) is 2.91. The molecule has 0 amide bonds. The van der Waals surface area contributed by atoms with Crippen LogP contribution in [0.1, 0.15) is 36.9 Å². The summed E-state index contributed by atoms with van der Waals surface area (Å²) < 4.78 is 0. The predicted molar refractivity (Wildman–Crippen MR) is 92.7 cm³/mol. The molecular weight excluding hydrogens is 278 g/mol. The molecule has 114 valence electrons. The van der Waals surface area contributed by atoms with Gasteiger partial charge in [0.25, 0.3) is 0 Å². The van der Waals surface area contributed by atoms with E-state index >= 15 is 0 Å². The van der Waals surface area contributed by atoms with Gasteiger partial charge < -0.3 is 10.2 Å². The molecule has 21 heavy (non-hydrogen) atoms. The zero-order chi connectivity index (χ0) is 15.2. The van der Waals surface area contributed by atoms with Crippen molar-refractivity contribution in [3.8, 4) is 0 Å². The molecule has 0 aliphatic rings. The largest absolute Gasteiger partial charge is 0.318 e. The molecule has 0 fully saturated rings. The van der Waals surface area contributed by atoms with Crippen molar-refractivity contribution in [1.29, 1.82) is 0 Å². The zero-order valence-corrected chi connectivity index (χ0v) is 14.3. The first kappa shape index (κ1) is 16.0. The van der Waals surface area contributed by atoms with E-state index in [4.69, 9.17) is 4.98 Å². The van der Waals surface area contributed by atoms with Gasteiger partial charge in [-0.25, -0.2) is 4.98 Å². The molecule has 3 nitrogen and oxygen atoms in total. The predicted octanol–water partition coefficient (Wildman–Crippen LogP) is 4.28. The Morgan fingerprint density at radius 3 is 2.57 bits per heavy atom. The molecule has 0 atom stereocenters. The number of thiazole rings is 1. The first-order valence-corrected chi connectivity index (χ1v) is 8.55. The molecule has 2 aromatic rings. The lowest BCUT2D eigenvalue weighted by molar-refractivity contribution is 0.727. The van der Waals surface area contributed by atoms with E-state index in [0.29, 0.717) is 0 Å². The summed E-state index contributed by atoms with van der Waals surface area (Å²) in [6, 6.07) is 8.52. The second-order valence-electron chi connectivity index (χ2n) is 5.03. The number of anilines is 2. The van der Waals surface area contributed by atoms with Crippen LogP contribution in [0.4, 0.5) is 10.8 Å². The Balaban J connectivity index is 2.34. The van der Waals surface area contributed by atoms with Crippen LogP contribution in [0.2, 0.25) is 0 Å². The van der Waals surface area contributed by atoms with Crippen LogP contribution in [0.15, 0.2) is 24.3 Å². The third-order valence-corrected chi connectivity index (χ3v) is 4.71. The average molecular weight is 303 g/mol. The maximum absolute atomic E-state index is 4.87. The van der Waals surface area contributed by atoms with Crippen molar-refractivity contribution >= 4 is 22.2 Å². The molecule has 0 bridgehead atoms. The van der Waals surface area contributed by atoms with Gasteiger partial charge in [-0.3, -0.25) is 0 Å². The van der Waals surface area contributed by atoms with Crippen LogP contribution in [-0.4, -0.2) is 18.1 Å². The quantitative estimate of drug-likeness (QED) is 0.827. The van der Waals surface area contributed by atoms with Gasteiger partial charge in [-0.15, -0.1) is 0 Å². The first-order chi connectivity index (χ1) is 10.2. The molecule has 1 aromatic heterocycles. The molecule has 0 spiro atoms. The molecule has 0 saturated heterocycles. The van der Waals surface area contributed by atoms with Gasteiger partial charge in [0.15, 0.2) is 5.13 Å². The number of rotatable bonds is 7. The van der Waals surface area contributed by atoms with Crippen LogP contribution in [0.3, 0.4) is 0 Å². The molecule has 2 rings (SSSR count). The molecule has 0 radical (unpaired) electrons. The summed E-state index contributed by atoms with van der Waals surface area (Å²) in [5, 5.41) is 4.52. The maximum atomic E-state index is 4.87. The molecular formula is C17H25N3S. The number of hydrogen-bond acceptors (Lipinski definition) is 4. The van der Waals surface area contributed by atoms with Crippen molar-refractivity contribution < 1.29 is 0 Å². The monoisotopic (exact) mass is 303 g/mol. The van der Waals surface area contributed by atoms with Gasteiger partial charge in [-0.2, -0.15) is 0 Å². The van der Waals surface area contributed by atoms with E-state index in [2.05, 4.69) is 62.2 Å². The third-order valence-electron chi connectivity index (χ3n) is 3.59. The number of benzene rings is 1. The molecule has 0 aliphatic carbocycles. The van der Waals surface area contributed by atoms with E-state index in [1.54, 1.807) is 0 Å². The van der Waals surface area contributed by atoms with Crippen molar-refractivity contribution in [2.75, 3.05) is 18.0 Å². The summed E-state index contributed by atoms with van der Waals surface area (Å²) >= 11 is 1.81. The molecule has 1 aromatic carbocycles. The second kappa shape index (κ2) is 7.57. The van der Waals surface area contributed by atoms with E-state index in [0.717, 1.165) is 31.2 Å². The normalized spacial score (nSPS) is 10.9. The third kappa shape index (κ3) is 3.63. The van der Waals surface area contributed by atoms with Gasteiger partial charge in [0.05, 0.1) is 5.69 Å². The fourth-order valence-electron chi connectivity index (χ4n) is 2.41. The summed E-state index contributed by atoms with van der Waals surface area (Å²) in [4.78, 5) is 8.55. The van der Waals surface area contributed by atoms with E-state index in [1.807, 2.05) is 11.3 Å². The van der Waals surface area contributed by atoms with Crippen molar-refractivity contribution in [3.63, 3.8) is 0 Å². The van der Waals surface area contributed by atoms with E-state index in [-0.39, 0.29) is 0 Å². The van der Waals surface area contributed by atoms with Gasteiger partial charge >= 0.3 is 0 Å². The van der Waals surface area contributed by atoms with Gasteiger partial charge in [0, 0.05) is 23.7 Å². The molecule has 0 saturated carbocycles. The Bertz CT molecular complexity index is 577. The minimum atomic E-state index is 0.919. The topological polar surface area (TPSA) is 28.2 Å². The summed E-state index contributed by atoms with van der Waals surface area (Å²) in [7, 11) is 0. The lowest BCUT2D eigenvalue weighted by Crippen LogP contribution is -2.16. The Hall–Kier alpha value is -1.39. The Morgan fingerprint density at radius 2 is 1.95 bits per heavy atom. The van der Waals surface area contributed by atoms with Crippen LogP contribution >= 0.6 is 11.3 Å². The van der Waals surface area contributed by atoms with Crippen molar-refractivity contribution in [2.24, 2.45) is 0 Å². The smallest absolute Gasteiger partial charge is 0.190 e. The minimum absolute atomic E-state index is 0.919. The van der Waals surface area contributed by atoms with Crippen molar-refractivity contribution in [2.45, 2.75) is 40.7 Å². The Kier molecular flexibility index (Phi) is 5.76. The SMILES string of the molecule is CCNCc1sc(N(CC)c2ccccc2C)nc1CC. The van der Waals surface area contributed by atoms with Gasteiger partial charge in [-0.05, 0) is 38.4 Å². The van der Waals surface area contributed by atoms with Crippen LogP contribution in [-0.2, 0) is 13.0 Å². The highest BCUT2D eigenvalue weighted by molar-refractivity contribution is 7.15. The lowest BCUT2D eigenvalue weighted by atomic mass is 10.2. The molecule has 1 heterocycles. The van der Waals surface area contributed by atoms with Crippen LogP contribution in [0.5, 0.6) is 0 Å². The number of nitrogens with zero attached hydrogens (tertiary/aromatic N) is 2. The summed E-state index contributed by atoms with van der Waals surface area (Å²) in [5.41, 5.74) is 3.77. The lowest BCUT2D eigenvalue weighted by Gasteiger charge is -2.21. The zero-order valence-electron chi connectivity index (χ0n) is 13.4. The minimum Gasteiger partial charge on any atom is -0.318 e. The number of aromatic nitrogens is 1. The molecule has 1 N–H and O–H groups in total. The number of hydrogen-bond donors (Lipinski definition) is 1. The van der Waals surface area contributed by atoms with E-state index in [9.17, 15) is 0 Å². The van der Waals surface area contributed by atoms with Gasteiger partial charge in [0.1, 0.15) is 0 Å². The molecule has 0 unspecified atom stereocenters. The van der Waals surface area contributed by atoms with Crippen LogP contribution < -0.4 is 10.2 Å². The summed E-state index contributed by atoms with van der Waals surface area (Å²) in [6.45, 7) is 11.5.